The van der Waals surface area contributed by atoms with Crippen molar-refractivity contribution in [3.63, 3.8) is 0 Å². The van der Waals surface area contributed by atoms with E-state index in [1.165, 1.54) is 5.56 Å². The minimum absolute atomic E-state index is 0.321. The fraction of sp³-hybridized carbons (Fsp3) is 0.312. The van der Waals surface area contributed by atoms with Gasteiger partial charge in [-0.25, -0.2) is 4.98 Å². The molecule has 0 aliphatic heterocycles. The summed E-state index contributed by atoms with van der Waals surface area (Å²) in [7, 11) is 1.67. The highest BCUT2D eigenvalue weighted by atomic mass is 32.1. The number of ether oxygens (including phenoxy) is 1. The maximum absolute atomic E-state index is 6.46. The third-order valence-corrected chi connectivity index (χ3v) is 4.27. The van der Waals surface area contributed by atoms with E-state index in [-0.39, 0.29) is 5.54 Å². The van der Waals surface area contributed by atoms with Crippen molar-refractivity contribution in [2.24, 2.45) is 5.73 Å². The second-order valence-corrected chi connectivity index (χ2v) is 6.55. The molecule has 0 saturated heterocycles. The number of hydrogen-bond acceptors (Lipinski definition) is 4. The van der Waals surface area contributed by atoms with Gasteiger partial charge in [0, 0.05) is 29.7 Å². The lowest BCUT2D eigenvalue weighted by Gasteiger charge is -2.23. The van der Waals surface area contributed by atoms with Crippen molar-refractivity contribution in [3.05, 3.63) is 53.3 Å². The highest BCUT2D eigenvalue weighted by Crippen LogP contribution is 2.20. The van der Waals surface area contributed by atoms with Crippen molar-refractivity contribution in [1.82, 2.24) is 9.38 Å². The summed E-state index contributed by atoms with van der Waals surface area (Å²) in [6.45, 7) is 2.07. The molecule has 3 aromatic rings. The first kappa shape index (κ1) is 14.1. The summed E-state index contributed by atoms with van der Waals surface area (Å²) in [5.74, 6) is 0.867. The Morgan fingerprint density at radius 2 is 2.05 bits per heavy atom. The van der Waals surface area contributed by atoms with Gasteiger partial charge >= 0.3 is 0 Å². The summed E-state index contributed by atoms with van der Waals surface area (Å²) < 4.78 is 7.22. The molecule has 2 aromatic heterocycles. The first-order chi connectivity index (χ1) is 10.1. The number of hydrogen-bond donors (Lipinski definition) is 1. The number of nitrogens with zero attached hydrogens (tertiary/aromatic N) is 2. The predicted molar refractivity (Wildman–Crippen MR) is 86.1 cm³/mol. The molecule has 110 valence electrons. The molecule has 0 amide bonds. The van der Waals surface area contributed by atoms with E-state index in [4.69, 9.17) is 10.5 Å². The molecule has 3 rings (SSSR count). The van der Waals surface area contributed by atoms with E-state index in [9.17, 15) is 0 Å². The second kappa shape index (κ2) is 5.50. The van der Waals surface area contributed by atoms with E-state index >= 15 is 0 Å². The van der Waals surface area contributed by atoms with Gasteiger partial charge in [0.15, 0.2) is 4.96 Å². The molecule has 1 atom stereocenters. The van der Waals surface area contributed by atoms with Gasteiger partial charge < -0.3 is 10.5 Å². The van der Waals surface area contributed by atoms with E-state index in [2.05, 4.69) is 30.2 Å². The van der Waals surface area contributed by atoms with Gasteiger partial charge in [0.1, 0.15) is 5.75 Å². The Hall–Kier alpha value is -1.85. The molecule has 0 fully saturated rings. The minimum atomic E-state index is -0.321. The molecule has 0 saturated carbocycles. The number of benzene rings is 1. The lowest BCUT2D eigenvalue weighted by molar-refractivity contribution is 0.414. The van der Waals surface area contributed by atoms with Crippen LogP contribution in [-0.4, -0.2) is 22.0 Å². The summed E-state index contributed by atoms with van der Waals surface area (Å²) in [5, 5.41) is 2.03. The average molecular weight is 301 g/mol. The summed E-state index contributed by atoms with van der Waals surface area (Å²) in [6.07, 6.45) is 5.65. The Bertz CT molecular complexity index is 699. The molecule has 0 bridgehead atoms. The standard InChI is InChI=1S/C16H19N3OS/c1-16(17,9-12-3-5-14(20-2)6-4-12)10-13-11-19-7-8-21-15(19)18-13/h3-8,11H,9-10,17H2,1-2H3. The van der Waals surface area contributed by atoms with Gasteiger partial charge in [0.2, 0.25) is 0 Å². The number of aromatic nitrogens is 2. The molecular formula is C16H19N3OS. The van der Waals surface area contributed by atoms with Crippen molar-refractivity contribution in [2.75, 3.05) is 7.11 Å². The predicted octanol–water partition coefficient (Wildman–Crippen LogP) is 2.91. The lowest BCUT2D eigenvalue weighted by atomic mass is 9.89. The smallest absolute Gasteiger partial charge is 0.193 e. The van der Waals surface area contributed by atoms with Crippen LogP contribution in [0.4, 0.5) is 0 Å². The molecule has 0 aliphatic rings. The first-order valence-corrected chi connectivity index (χ1v) is 7.77. The van der Waals surface area contributed by atoms with Crippen LogP contribution in [0.25, 0.3) is 4.96 Å². The van der Waals surface area contributed by atoms with Gasteiger partial charge in [-0.1, -0.05) is 12.1 Å². The number of imidazole rings is 1. The zero-order chi connectivity index (χ0) is 14.9. The van der Waals surface area contributed by atoms with Crippen LogP contribution in [0.2, 0.25) is 0 Å². The van der Waals surface area contributed by atoms with Crippen LogP contribution in [-0.2, 0) is 12.8 Å². The zero-order valence-electron chi connectivity index (χ0n) is 12.2. The lowest BCUT2D eigenvalue weighted by Crippen LogP contribution is -2.41. The highest BCUT2D eigenvalue weighted by molar-refractivity contribution is 7.15. The number of nitrogens with two attached hydrogens (primary N) is 1. The van der Waals surface area contributed by atoms with Crippen LogP contribution in [0.5, 0.6) is 5.75 Å². The molecule has 4 nitrogen and oxygen atoms in total. The number of rotatable bonds is 5. The highest BCUT2D eigenvalue weighted by Gasteiger charge is 2.21. The van der Waals surface area contributed by atoms with Crippen molar-refractivity contribution in [3.8, 4) is 5.75 Å². The SMILES string of the molecule is COc1ccc(CC(C)(N)Cc2cn3ccsc3n2)cc1. The summed E-state index contributed by atoms with van der Waals surface area (Å²) in [5.41, 5.74) is 8.40. The summed E-state index contributed by atoms with van der Waals surface area (Å²) >= 11 is 1.64. The van der Waals surface area contributed by atoms with Gasteiger partial charge in [-0.05, 0) is 31.0 Å². The topological polar surface area (TPSA) is 52.5 Å². The van der Waals surface area contributed by atoms with E-state index in [1.54, 1.807) is 18.4 Å². The number of methoxy groups -OCH3 is 1. The Balaban J connectivity index is 1.71. The number of fused-ring (bicyclic) bond motifs is 1. The summed E-state index contributed by atoms with van der Waals surface area (Å²) in [4.78, 5) is 5.63. The van der Waals surface area contributed by atoms with E-state index in [1.807, 2.05) is 28.1 Å². The minimum Gasteiger partial charge on any atom is -0.497 e. The molecule has 5 heteroatoms. The van der Waals surface area contributed by atoms with Gasteiger partial charge in [-0.3, -0.25) is 4.40 Å². The first-order valence-electron chi connectivity index (χ1n) is 6.89. The maximum atomic E-state index is 6.46. The van der Waals surface area contributed by atoms with Crippen LogP contribution in [0.3, 0.4) is 0 Å². The quantitative estimate of drug-likeness (QED) is 0.788. The Labute approximate surface area is 128 Å². The van der Waals surface area contributed by atoms with Crippen molar-refractivity contribution >= 4 is 16.3 Å². The Kier molecular flexibility index (Phi) is 3.69. The largest absolute Gasteiger partial charge is 0.497 e. The monoisotopic (exact) mass is 301 g/mol. The Morgan fingerprint density at radius 1 is 1.29 bits per heavy atom. The normalized spacial score (nSPS) is 14.2. The molecule has 2 N–H and O–H groups in total. The van der Waals surface area contributed by atoms with Crippen molar-refractivity contribution in [2.45, 2.75) is 25.3 Å². The molecule has 21 heavy (non-hydrogen) atoms. The molecule has 0 radical (unpaired) electrons. The molecule has 0 spiro atoms. The fourth-order valence-electron chi connectivity index (χ4n) is 2.55. The van der Waals surface area contributed by atoms with Crippen LogP contribution in [0.15, 0.2) is 42.0 Å². The van der Waals surface area contributed by atoms with Crippen molar-refractivity contribution in [1.29, 1.82) is 0 Å². The average Bonchev–Trinajstić information content (AvgIpc) is 2.99. The van der Waals surface area contributed by atoms with E-state index in [0.29, 0.717) is 0 Å². The fourth-order valence-corrected chi connectivity index (χ4v) is 3.27. The van der Waals surface area contributed by atoms with Crippen LogP contribution in [0.1, 0.15) is 18.2 Å². The molecular weight excluding hydrogens is 282 g/mol. The molecule has 1 unspecified atom stereocenters. The van der Waals surface area contributed by atoms with Gasteiger partial charge in [0.25, 0.3) is 0 Å². The van der Waals surface area contributed by atoms with E-state index in [0.717, 1.165) is 29.2 Å². The third-order valence-electron chi connectivity index (χ3n) is 3.50. The van der Waals surface area contributed by atoms with Gasteiger partial charge in [-0.2, -0.15) is 0 Å². The maximum Gasteiger partial charge on any atom is 0.193 e. The van der Waals surface area contributed by atoms with Crippen molar-refractivity contribution < 1.29 is 4.74 Å². The third kappa shape index (κ3) is 3.25. The molecule has 1 aromatic carbocycles. The Morgan fingerprint density at radius 3 is 2.71 bits per heavy atom. The summed E-state index contributed by atoms with van der Waals surface area (Å²) in [6, 6.07) is 8.07. The molecule has 2 heterocycles. The zero-order valence-corrected chi connectivity index (χ0v) is 13.1. The van der Waals surface area contributed by atoms with Gasteiger partial charge in [0.05, 0.1) is 12.8 Å². The van der Waals surface area contributed by atoms with Gasteiger partial charge in [-0.15, -0.1) is 11.3 Å². The molecule has 0 aliphatic carbocycles. The van der Waals surface area contributed by atoms with Crippen LogP contribution in [0, 0.1) is 0 Å². The number of thiazole rings is 1. The van der Waals surface area contributed by atoms with Crippen LogP contribution < -0.4 is 10.5 Å². The second-order valence-electron chi connectivity index (χ2n) is 5.68. The van der Waals surface area contributed by atoms with Crippen LogP contribution >= 0.6 is 11.3 Å². The van der Waals surface area contributed by atoms with E-state index < -0.39 is 0 Å².